The molecule has 8 aliphatic rings. The first-order valence-corrected chi connectivity index (χ1v) is 38.2. The Labute approximate surface area is 600 Å². The molecule has 0 bridgehead atoms. The molecule has 3 N–H and O–H groups in total. The standard InChI is InChI=1S/C73H116ClF3N12O12/c1-11-46(3)61-69(99)83(6)43-59(92)81(4)44-60(93)84(7)55(40-48-28-26-45(2)27-29-48)67(97)82(5)42-57(90)78-53(33-31-47-30-32-51(52(74)39-47)73(75,76)77)66(96)89-38-20-25-54(89)64(94)80-72(34-15-16-35-72)71(101)87(10)63(50-21-13-12-14-22-50)70(100)85(8)56(68(98)88-36-17-18-37-88)41-58(91)86(9)62(65(95)79-61)49-23-19-24-49/h45-56,61-63H,11-44H2,1-10H3,(H,78,90)(H,79,95)(H,80,94)/t45?,46-,47?,48?,51?,52?,53-,54-,55-,56-,61-,62-,63-/m0/s1. The van der Waals surface area contributed by atoms with Crippen molar-refractivity contribution in [3.63, 3.8) is 0 Å². The van der Waals surface area contributed by atoms with Gasteiger partial charge >= 0.3 is 6.18 Å². The number of nitrogens with zero attached hydrogens (tertiary/aromatic N) is 9. The number of nitrogens with one attached hydrogen (secondary N) is 3. The zero-order chi connectivity index (χ0) is 73.9. The average molecular weight is 1450 g/mol. The van der Waals surface area contributed by atoms with Crippen LogP contribution in [0.5, 0.6) is 0 Å². The van der Waals surface area contributed by atoms with E-state index in [-0.39, 0.29) is 88.0 Å². The molecule has 568 valence electrons. The Morgan fingerprint density at radius 3 is 1.78 bits per heavy atom. The average Bonchev–Trinajstić information content (AvgIpc) is 1.56. The molecule has 0 aromatic heterocycles. The number of hydrogen-bond donors (Lipinski definition) is 3. The van der Waals surface area contributed by atoms with Crippen LogP contribution in [0.1, 0.15) is 201 Å². The Balaban J connectivity index is 1.15. The topological polar surface area (TPSA) is 270 Å². The monoisotopic (exact) mass is 1440 g/mol. The summed E-state index contributed by atoms with van der Waals surface area (Å²) < 4.78 is 42.1. The highest BCUT2D eigenvalue weighted by atomic mass is 35.5. The van der Waals surface area contributed by atoms with E-state index in [0.29, 0.717) is 83.2 Å². The molecule has 3 saturated heterocycles. The van der Waals surface area contributed by atoms with Crippen molar-refractivity contribution in [1.29, 1.82) is 0 Å². The Kier molecular flexibility index (Phi) is 28.2. The van der Waals surface area contributed by atoms with Crippen molar-refractivity contribution in [2.75, 3.05) is 88.6 Å². The zero-order valence-corrected chi connectivity index (χ0v) is 62.4. The lowest BCUT2D eigenvalue weighted by molar-refractivity contribution is -0.182. The second-order valence-electron chi connectivity index (χ2n) is 31.5. The van der Waals surface area contributed by atoms with E-state index in [9.17, 15) is 46.7 Å². The summed E-state index contributed by atoms with van der Waals surface area (Å²) in [4.78, 5) is 192. The summed E-state index contributed by atoms with van der Waals surface area (Å²) in [5.41, 5.74) is -1.54. The highest BCUT2D eigenvalue weighted by Crippen LogP contribution is 2.44. The van der Waals surface area contributed by atoms with Gasteiger partial charge in [0.1, 0.15) is 47.8 Å². The molecule has 8 fully saturated rings. The van der Waals surface area contributed by atoms with E-state index in [1.54, 1.807) is 18.9 Å². The van der Waals surface area contributed by atoms with Gasteiger partial charge in [-0.1, -0.05) is 91.4 Å². The van der Waals surface area contributed by atoms with Crippen LogP contribution >= 0.6 is 11.6 Å². The van der Waals surface area contributed by atoms with E-state index in [1.807, 2.05) is 6.92 Å². The van der Waals surface area contributed by atoms with Crippen molar-refractivity contribution in [2.45, 2.75) is 260 Å². The quantitative estimate of drug-likeness (QED) is 0.210. The van der Waals surface area contributed by atoms with Crippen LogP contribution in [0.4, 0.5) is 13.2 Å². The van der Waals surface area contributed by atoms with Gasteiger partial charge in [-0.25, -0.2) is 0 Å². The van der Waals surface area contributed by atoms with Crippen molar-refractivity contribution in [2.24, 2.45) is 41.4 Å². The molecule has 0 radical (unpaired) electrons. The van der Waals surface area contributed by atoms with E-state index >= 15 is 24.0 Å². The highest BCUT2D eigenvalue weighted by molar-refractivity contribution is 6.21. The van der Waals surface area contributed by atoms with E-state index in [2.05, 4.69) is 22.9 Å². The fraction of sp³-hybridized carbons (Fsp3) is 0.836. The van der Waals surface area contributed by atoms with Crippen LogP contribution in [0.15, 0.2) is 0 Å². The van der Waals surface area contributed by atoms with E-state index < -0.39 is 168 Å². The van der Waals surface area contributed by atoms with Gasteiger partial charge < -0.3 is 60.0 Å². The third kappa shape index (κ3) is 19.6. The van der Waals surface area contributed by atoms with Crippen molar-refractivity contribution >= 4 is 82.5 Å². The smallest absolute Gasteiger partial charge is 0.343 e. The van der Waals surface area contributed by atoms with Gasteiger partial charge in [-0.3, -0.25) is 57.5 Å². The van der Waals surface area contributed by atoms with Crippen LogP contribution in [0, 0.1) is 41.4 Å². The number of rotatable bonds is 10. The van der Waals surface area contributed by atoms with Crippen LogP contribution in [-0.2, 0) is 57.5 Å². The Morgan fingerprint density at radius 2 is 1.18 bits per heavy atom. The predicted octanol–water partition coefficient (Wildman–Crippen LogP) is 6.09. The Hall–Kier alpha value is -6.28. The number of carbonyl (C=O) groups excluding carboxylic acids is 12. The molecule has 5 saturated carbocycles. The van der Waals surface area contributed by atoms with Gasteiger partial charge in [0.25, 0.3) is 0 Å². The molecule has 3 aliphatic heterocycles. The van der Waals surface area contributed by atoms with Crippen molar-refractivity contribution in [3.05, 3.63) is 0 Å². The Bertz CT molecular complexity index is 2970. The van der Waals surface area contributed by atoms with Gasteiger partial charge in [-0.15, -0.1) is 11.6 Å². The van der Waals surface area contributed by atoms with Gasteiger partial charge in [0.15, 0.2) is 0 Å². The molecule has 0 aromatic rings. The number of alkyl halides is 4. The maximum atomic E-state index is 15.8. The lowest BCUT2D eigenvalue weighted by Crippen LogP contribution is -2.65. The molecular weight excluding hydrogens is 1330 g/mol. The van der Waals surface area contributed by atoms with E-state index in [0.717, 1.165) is 56.3 Å². The van der Waals surface area contributed by atoms with Gasteiger partial charge in [0.2, 0.25) is 70.9 Å². The van der Waals surface area contributed by atoms with E-state index in [1.165, 1.54) is 76.6 Å². The van der Waals surface area contributed by atoms with Crippen LogP contribution in [-0.4, -0.2) is 263 Å². The minimum absolute atomic E-state index is 0.00380. The maximum absolute atomic E-state index is 15.8. The van der Waals surface area contributed by atoms with Gasteiger partial charge in [-0.05, 0) is 138 Å². The minimum Gasteiger partial charge on any atom is -0.343 e. The molecule has 8 rings (SSSR count). The second kappa shape index (κ2) is 35.5. The molecule has 101 heavy (non-hydrogen) atoms. The number of amides is 12. The number of likely N-dealkylation sites (tertiary alicyclic amines) is 1. The SMILES string of the molecule is CC[C@H](C)[C@@H]1NC(=O)[C@H](C2CCC2)N(C)C(=O)C[C@@H](C(=O)N2CCCC2)N(C)C(=O)[C@H](C2CCCCC2)N(C)C(=O)C2(CCCC2)NC(=O)[C@@H]2CCCN2C(=O)[C@H](CCC2CCC(C(F)(F)F)C(Cl)C2)NC(=O)CN(C)C(=O)[C@H](CC2CCC(C)CC2)N(C)C(=O)CN(C)C(=O)CN(C)C1=O. The molecule has 1 spiro atoms. The van der Waals surface area contributed by atoms with Crippen molar-refractivity contribution in [1.82, 2.24) is 60.0 Å². The molecule has 5 aliphatic carbocycles. The van der Waals surface area contributed by atoms with Crippen LogP contribution < -0.4 is 16.0 Å². The first-order valence-electron chi connectivity index (χ1n) is 37.8. The first kappa shape index (κ1) is 80.4. The normalized spacial score (nSPS) is 31.9. The molecule has 24 nitrogen and oxygen atoms in total. The summed E-state index contributed by atoms with van der Waals surface area (Å²) in [5.74, 6) is -10.0. The van der Waals surface area contributed by atoms with Crippen LogP contribution in [0.25, 0.3) is 0 Å². The van der Waals surface area contributed by atoms with E-state index in [4.69, 9.17) is 11.6 Å². The highest BCUT2D eigenvalue weighted by Gasteiger charge is 2.53. The van der Waals surface area contributed by atoms with Gasteiger partial charge in [-0.2, -0.15) is 13.2 Å². The number of halogens is 4. The third-order valence-corrected chi connectivity index (χ3v) is 24.9. The summed E-state index contributed by atoms with van der Waals surface area (Å²) in [6, 6.07) is -8.39. The molecule has 3 unspecified atom stereocenters. The summed E-state index contributed by atoms with van der Waals surface area (Å²) >= 11 is 6.42. The lowest BCUT2D eigenvalue weighted by Gasteiger charge is -2.43. The number of fused-ring (bicyclic) bond motifs is 1. The van der Waals surface area contributed by atoms with Gasteiger partial charge in [0, 0.05) is 74.3 Å². The molecule has 11 atom stereocenters. The minimum atomic E-state index is -4.51. The summed E-state index contributed by atoms with van der Waals surface area (Å²) in [7, 11) is 10.2. The van der Waals surface area contributed by atoms with Crippen molar-refractivity contribution < 1.29 is 70.7 Å². The molecular formula is C73H116ClF3N12O12. The van der Waals surface area contributed by atoms with Crippen LogP contribution in [0.3, 0.4) is 0 Å². The molecule has 0 aromatic carbocycles. The number of carbonyl (C=O) groups is 12. The van der Waals surface area contributed by atoms with Gasteiger partial charge in [0.05, 0.1) is 32.0 Å². The predicted molar refractivity (Wildman–Crippen MR) is 372 cm³/mol. The Morgan fingerprint density at radius 1 is 0.574 bits per heavy atom. The largest absolute Gasteiger partial charge is 0.393 e. The van der Waals surface area contributed by atoms with Crippen molar-refractivity contribution in [3.8, 4) is 0 Å². The fourth-order valence-corrected chi connectivity index (χ4v) is 17.9. The summed E-state index contributed by atoms with van der Waals surface area (Å²) in [6.07, 6.45) is 7.97. The summed E-state index contributed by atoms with van der Waals surface area (Å²) in [5, 5.41) is 7.70. The summed E-state index contributed by atoms with van der Waals surface area (Å²) in [6.45, 7) is 5.05. The third-order valence-electron chi connectivity index (χ3n) is 24.4. The number of likely N-dealkylation sites (N-methyl/N-ethyl adjacent to an activating group) is 7. The number of hydrogen-bond acceptors (Lipinski definition) is 12. The second-order valence-corrected chi connectivity index (χ2v) is 32.1. The fourth-order valence-electron chi connectivity index (χ4n) is 17.3. The van der Waals surface area contributed by atoms with Crippen LogP contribution in [0.2, 0.25) is 0 Å². The molecule has 3 heterocycles. The zero-order valence-electron chi connectivity index (χ0n) is 61.6. The lowest BCUT2D eigenvalue weighted by atomic mass is 9.78. The first-order chi connectivity index (χ1) is 47.8. The maximum Gasteiger partial charge on any atom is 0.393 e. The molecule has 12 amide bonds. The molecule has 28 heteroatoms.